The number of benzene rings is 3. The molecule has 1 aliphatic heterocycles. The molecule has 14 heteroatoms. The minimum atomic E-state index is -0.909. The zero-order chi connectivity index (χ0) is 36.7. The second-order valence-electron chi connectivity index (χ2n) is 11.0. The predicted molar refractivity (Wildman–Crippen MR) is 197 cm³/mol. The van der Waals surface area contributed by atoms with Crippen LogP contribution in [0.25, 0.3) is 6.08 Å². The normalized spacial score (nSPS) is 14.0. The first-order valence-corrected chi connectivity index (χ1v) is 18.1. The summed E-state index contributed by atoms with van der Waals surface area (Å²) in [7, 11) is 1.27. The van der Waals surface area contributed by atoms with Crippen molar-refractivity contribution in [3.8, 4) is 23.0 Å². The number of hydrogen-bond acceptors (Lipinski definition) is 11. The van der Waals surface area contributed by atoms with Gasteiger partial charge in [0.25, 0.3) is 5.56 Å². The maximum absolute atomic E-state index is 14.3. The van der Waals surface area contributed by atoms with Gasteiger partial charge in [0.2, 0.25) is 0 Å². The molecule has 0 spiro atoms. The third-order valence-corrected chi connectivity index (χ3v) is 9.39. The number of allylic oxidation sites excluding steroid dienone is 1. The molecule has 51 heavy (non-hydrogen) atoms. The molecule has 0 saturated carbocycles. The summed E-state index contributed by atoms with van der Waals surface area (Å²) in [5.41, 5.74) is 2.33. The average molecular weight is 800 g/mol. The summed E-state index contributed by atoms with van der Waals surface area (Å²) in [5.74, 6) is 0.266. The van der Waals surface area contributed by atoms with Crippen molar-refractivity contribution >= 4 is 56.9 Å². The highest BCUT2D eigenvalue weighted by Crippen LogP contribution is 2.38. The van der Waals surface area contributed by atoms with Crippen LogP contribution in [0.15, 0.2) is 80.1 Å². The second-order valence-corrected chi connectivity index (χ2v) is 13.3. The molecule has 1 atom stereocenters. The Bertz CT molecular complexity index is 2140. The topological polar surface area (TPSA) is 124 Å². The van der Waals surface area contributed by atoms with Crippen molar-refractivity contribution in [3.63, 3.8) is 0 Å². The highest BCUT2D eigenvalue weighted by Gasteiger charge is 2.34. The molecule has 0 fully saturated rings. The number of rotatable bonds is 14. The Morgan fingerprint density at radius 3 is 2.35 bits per heavy atom. The fraction of sp³-hybridized carbons (Fsp3) is 0.297. The highest BCUT2D eigenvalue weighted by atomic mass is 79.9. The summed E-state index contributed by atoms with van der Waals surface area (Å²) in [5, 5.41) is 0.313. The molecule has 0 amide bonds. The molecular formula is C37H36BrClN2O9S. The lowest BCUT2D eigenvalue weighted by Gasteiger charge is -2.25. The van der Waals surface area contributed by atoms with E-state index < -0.39 is 18.0 Å². The Kier molecular flexibility index (Phi) is 12.6. The molecule has 0 radical (unpaired) electrons. The van der Waals surface area contributed by atoms with Crippen molar-refractivity contribution in [1.29, 1.82) is 0 Å². The van der Waals surface area contributed by atoms with Gasteiger partial charge in [0, 0.05) is 4.47 Å². The molecule has 4 aromatic rings. The van der Waals surface area contributed by atoms with E-state index in [-0.39, 0.29) is 31.0 Å². The molecule has 0 saturated heterocycles. The number of methoxy groups -OCH3 is 1. The van der Waals surface area contributed by atoms with Crippen LogP contribution in [0.5, 0.6) is 23.0 Å². The summed E-state index contributed by atoms with van der Waals surface area (Å²) >= 11 is 11.4. The van der Waals surface area contributed by atoms with Crippen molar-refractivity contribution in [3.05, 3.63) is 112 Å². The number of thiazole rings is 1. The Hall–Kier alpha value is -4.59. The number of carbonyl (C=O) groups is 2. The van der Waals surface area contributed by atoms with Gasteiger partial charge in [-0.15, -0.1) is 0 Å². The van der Waals surface area contributed by atoms with Crippen molar-refractivity contribution < 1.29 is 38.0 Å². The highest BCUT2D eigenvalue weighted by molar-refractivity contribution is 9.10. The summed E-state index contributed by atoms with van der Waals surface area (Å²) in [6.45, 7) is 7.80. The number of esters is 2. The van der Waals surface area contributed by atoms with Gasteiger partial charge < -0.3 is 28.4 Å². The molecule has 1 aromatic heterocycles. The molecular weight excluding hydrogens is 764 g/mol. The van der Waals surface area contributed by atoms with Gasteiger partial charge in [0.15, 0.2) is 34.4 Å². The van der Waals surface area contributed by atoms with Crippen LogP contribution in [0.3, 0.4) is 0 Å². The molecule has 0 bridgehead atoms. The summed E-state index contributed by atoms with van der Waals surface area (Å²) in [6, 6.07) is 15.3. The molecule has 0 N–H and O–H groups in total. The van der Waals surface area contributed by atoms with Gasteiger partial charge in [0.05, 0.1) is 53.8 Å². The number of ether oxygens (including phenoxy) is 6. The van der Waals surface area contributed by atoms with Gasteiger partial charge in [-0.1, -0.05) is 57.1 Å². The van der Waals surface area contributed by atoms with Crippen molar-refractivity contribution in [1.82, 2.24) is 4.57 Å². The van der Waals surface area contributed by atoms with Crippen LogP contribution in [-0.2, 0) is 25.7 Å². The molecule has 268 valence electrons. The monoisotopic (exact) mass is 798 g/mol. The standard InChI is InChI=1S/C37H36BrClN2O9S/c1-6-46-28-18-24(11-14-27(28)49-20-31(42)45-5)33-32(36(44)48-8-3)21(4)40-37-41(33)35(43)30(51-37)17-23-15-26(39)34(29(16-23)47-7-2)50-19-22-9-12-25(38)13-10-22/h9-18,33H,6-8,19-20H2,1-5H3/b30-17-/t33-/m1/s1. The maximum atomic E-state index is 14.3. The Balaban J connectivity index is 1.59. The van der Waals surface area contributed by atoms with Crippen LogP contribution in [0.1, 0.15) is 50.4 Å². The lowest BCUT2D eigenvalue weighted by Crippen LogP contribution is -2.40. The second kappa shape index (κ2) is 17.1. The quantitative estimate of drug-likeness (QED) is 0.138. The Morgan fingerprint density at radius 2 is 1.67 bits per heavy atom. The number of nitrogens with zero attached hydrogens (tertiary/aromatic N) is 2. The average Bonchev–Trinajstić information content (AvgIpc) is 3.41. The third-order valence-electron chi connectivity index (χ3n) is 7.60. The summed E-state index contributed by atoms with van der Waals surface area (Å²) in [4.78, 5) is 44.5. The van der Waals surface area contributed by atoms with Crippen molar-refractivity contribution in [2.24, 2.45) is 4.99 Å². The Labute approximate surface area is 311 Å². The van der Waals surface area contributed by atoms with E-state index in [2.05, 4.69) is 20.9 Å². The first-order valence-electron chi connectivity index (χ1n) is 16.1. The van der Waals surface area contributed by atoms with Gasteiger partial charge >= 0.3 is 11.9 Å². The van der Waals surface area contributed by atoms with Crippen LogP contribution in [-0.4, -0.2) is 50.0 Å². The minimum Gasteiger partial charge on any atom is -0.490 e. The largest absolute Gasteiger partial charge is 0.490 e. The van der Waals surface area contributed by atoms with E-state index in [0.717, 1.165) is 10.0 Å². The van der Waals surface area contributed by atoms with Crippen LogP contribution < -0.4 is 33.8 Å². The first-order chi connectivity index (χ1) is 24.6. The molecule has 3 aromatic carbocycles. The minimum absolute atomic E-state index is 0.128. The fourth-order valence-corrected chi connectivity index (χ4v) is 6.93. The van der Waals surface area contributed by atoms with Crippen LogP contribution in [0.4, 0.5) is 0 Å². The number of fused-ring (bicyclic) bond motifs is 1. The number of aromatic nitrogens is 1. The zero-order valence-corrected chi connectivity index (χ0v) is 31.8. The third kappa shape index (κ3) is 8.66. The lowest BCUT2D eigenvalue weighted by molar-refractivity contribution is -0.143. The van der Waals surface area contributed by atoms with E-state index in [4.69, 9.17) is 40.0 Å². The maximum Gasteiger partial charge on any atom is 0.343 e. The molecule has 2 heterocycles. The number of carbonyl (C=O) groups excluding carboxylic acids is 2. The number of halogens is 2. The SMILES string of the molecule is CCOC(=O)C1=C(C)N=c2s/c(=C\c3cc(Cl)c(OCc4ccc(Br)cc4)c(OCC)c3)c(=O)n2[C@@H]1c1ccc(OCC(=O)OC)c(OCC)c1. The van der Waals surface area contributed by atoms with E-state index in [0.29, 0.717) is 67.4 Å². The van der Waals surface area contributed by atoms with Gasteiger partial charge in [-0.2, -0.15) is 0 Å². The molecule has 11 nitrogen and oxygen atoms in total. The van der Waals surface area contributed by atoms with Gasteiger partial charge in [-0.25, -0.2) is 14.6 Å². The van der Waals surface area contributed by atoms with Crippen LogP contribution in [0, 0.1) is 0 Å². The smallest absolute Gasteiger partial charge is 0.343 e. The van der Waals surface area contributed by atoms with E-state index in [9.17, 15) is 14.4 Å². The summed E-state index contributed by atoms with van der Waals surface area (Å²) < 4.78 is 36.4. The summed E-state index contributed by atoms with van der Waals surface area (Å²) in [6.07, 6.45) is 1.70. The van der Waals surface area contributed by atoms with Crippen molar-refractivity contribution in [2.45, 2.75) is 40.3 Å². The van der Waals surface area contributed by atoms with E-state index in [1.54, 1.807) is 57.2 Å². The molecule has 0 aliphatic carbocycles. The molecule has 5 rings (SSSR count). The van der Waals surface area contributed by atoms with Gasteiger partial charge in [-0.3, -0.25) is 9.36 Å². The van der Waals surface area contributed by atoms with Crippen LogP contribution in [0.2, 0.25) is 5.02 Å². The van der Waals surface area contributed by atoms with Crippen LogP contribution >= 0.6 is 38.9 Å². The zero-order valence-electron chi connectivity index (χ0n) is 28.6. The van der Waals surface area contributed by atoms with Crippen molar-refractivity contribution in [2.75, 3.05) is 33.5 Å². The fourth-order valence-electron chi connectivity index (χ4n) is 5.35. The van der Waals surface area contributed by atoms with E-state index in [1.165, 1.54) is 23.0 Å². The number of hydrogen-bond donors (Lipinski definition) is 0. The molecule has 0 unspecified atom stereocenters. The van der Waals surface area contributed by atoms with E-state index in [1.807, 2.05) is 31.2 Å². The van der Waals surface area contributed by atoms with Gasteiger partial charge in [0.1, 0.15) is 6.61 Å². The first kappa shape index (κ1) is 37.7. The van der Waals surface area contributed by atoms with E-state index >= 15 is 0 Å². The lowest BCUT2D eigenvalue weighted by atomic mass is 9.95. The Morgan fingerprint density at radius 1 is 0.941 bits per heavy atom. The molecule has 1 aliphatic rings. The predicted octanol–water partition coefficient (Wildman–Crippen LogP) is 6.14. The van der Waals surface area contributed by atoms with Gasteiger partial charge in [-0.05, 0) is 86.9 Å².